The molecule has 2 heterocycles. The summed E-state index contributed by atoms with van der Waals surface area (Å²) in [6.07, 6.45) is 0.670. The third kappa shape index (κ3) is 4.84. The van der Waals surface area contributed by atoms with Crippen molar-refractivity contribution in [1.29, 1.82) is 0 Å². The van der Waals surface area contributed by atoms with Gasteiger partial charge in [0.15, 0.2) is 0 Å². The van der Waals surface area contributed by atoms with Crippen LogP contribution in [0, 0.1) is 13.8 Å². The van der Waals surface area contributed by atoms with Gasteiger partial charge in [-0.25, -0.2) is 5.01 Å². The molecule has 1 atom stereocenters. The second-order valence-corrected chi connectivity index (χ2v) is 8.96. The van der Waals surface area contributed by atoms with E-state index in [1.54, 1.807) is 5.01 Å². The molecule has 2 aliphatic heterocycles. The highest BCUT2D eigenvalue weighted by atomic mass is 35.5. The van der Waals surface area contributed by atoms with Crippen LogP contribution < -0.4 is 0 Å². The average Bonchev–Trinajstić information content (AvgIpc) is 3.19. The van der Waals surface area contributed by atoms with Crippen molar-refractivity contribution in [3.63, 3.8) is 0 Å². The Bertz CT molecular complexity index is 981. The number of piperazine rings is 1. The van der Waals surface area contributed by atoms with Crippen LogP contribution in [0.4, 0.5) is 0 Å². The van der Waals surface area contributed by atoms with Gasteiger partial charge in [-0.2, -0.15) is 5.10 Å². The van der Waals surface area contributed by atoms with Crippen molar-refractivity contribution in [2.24, 2.45) is 5.10 Å². The van der Waals surface area contributed by atoms with Crippen LogP contribution in [0.15, 0.2) is 47.6 Å². The summed E-state index contributed by atoms with van der Waals surface area (Å²) in [5.74, 6) is 0.0367. The fourth-order valence-electron chi connectivity index (χ4n) is 4.56. The molecule has 0 spiro atoms. The number of halogens is 1. The highest BCUT2D eigenvalue weighted by molar-refractivity contribution is 6.31. The summed E-state index contributed by atoms with van der Waals surface area (Å²) in [4.78, 5) is 18.1. The summed E-state index contributed by atoms with van der Waals surface area (Å²) >= 11 is 6.54. The third-order valence-electron chi connectivity index (χ3n) is 6.39. The number of hydrogen-bond donors (Lipinski definition) is 0. The van der Waals surface area contributed by atoms with Gasteiger partial charge in [0.2, 0.25) is 0 Å². The van der Waals surface area contributed by atoms with Gasteiger partial charge in [-0.05, 0) is 37.6 Å². The molecule has 1 fully saturated rings. The number of aryl methyl sites for hydroxylation is 2. The summed E-state index contributed by atoms with van der Waals surface area (Å²) in [6, 6.07) is 14.0. The Hall–Kier alpha value is -2.21. The lowest BCUT2D eigenvalue weighted by atomic mass is 9.95. The fourth-order valence-corrected chi connectivity index (χ4v) is 4.82. The van der Waals surface area contributed by atoms with Gasteiger partial charge >= 0.3 is 0 Å². The topological polar surface area (TPSA) is 39.1 Å². The van der Waals surface area contributed by atoms with E-state index >= 15 is 0 Å². The minimum Gasteiger partial charge on any atom is -0.301 e. The summed E-state index contributed by atoms with van der Waals surface area (Å²) in [5.41, 5.74) is 5.42. The van der Waals surface area contributed by atoms with Crippen molar-refractivity contribution in [1.82, 2.24) is 14.8 Å². The molecule has 4 rings (SSSR count). The molecule has 1 saturated heterocycles. The number of carbonyl (C=O) groups is 1. The first-order valence-corrected chi connectivity index (χ1v) is 11.5. The number of nitrogens with zero attached hydrogens (tertiary/aromatic N) is 4. The molecule has 6 heteroatoms. The third-order valence-corrected chi connectivity index (χ3v) is 6.74. The lowest BCUT2D eigenvalue weighted by molar-refractivity contribution is -0.134. The van der Waals surface area contributed by atoms with Crippen molar-refractivity contribution in [2.75, 3.05) is 39.3 Å². The quantitative estimate of drug-likeness (QED) is 0.699. The Kier molecular flexibility index (Phi) is 6.75. The van der Waals surface area contributed by atoms with Crippen molar-refractivity contribution in [2.45, 2.75) is 33.2 Å². The van der Waals surface area contributed by atoms with Crippen LogP contribution in [-0.2, 0) is 4.79 Å². The monoisotopic (exact) mass is 438 g/mol. The number of benzene rings is 2. The van der Waals surface area contributed by atoms with Crippen LogP contribution in [0.2, 0.25) is 5.02 Å². The molecule has 0 saturated carbocycles. The van der Waals surface area contributed by atoms with Crippen LogP contribution in [0.1, 0.15) is 41.6 Å². The predicted molar refractivity (Wildman–Crippen MR) is 127 cm³/mol. The Morgan fingerprint density at radius 2 is 1.77 bits per heavy atom. The highest BCUT2D eigenvalue weighted by Crippen LogP contribution is 2.36. The van der Waals surface area contributed by atoms with Crippen LogP contribution >= 0.6 is 11.6 Å². The maximum atomic E-state index is 13.4. The standard InChI is InChI=1S/C25H31ClN4O/c1-4-28-11-13-29(14-12-28)17-25(31)30-24(21-7-5-6-8-22(21)26)16-23(27-30)20-10-9-18(2)15-19(20)3/h5-10,15,24H,4,11-14,16-17H2,1-3H3. The van der Waals surface area contributed by atoms with Crippen LogP contribution in [0.25, 0.3) is 0 Å². The van der Waals surface area contributed by atoms with E-state index in [2.05, 4.69) is 48.8 Å². The molecule has 0 aromatic heterocycles. The summed E-state index contributed by atoms with van der Waals surface area (Å²) < 4.78 is 0. The maximum absolute atomic E-state index is 13.4. The second kappa shape index (κ2) is 9.51. The summed E-state index contributed by atoms with van der Waals surface area (Å²) in [6.45, 7) is 11.7. The highest BCUT2D eigenvalue weighted by Gasteiger charge is 2.35. The van der Waals surface area contributed by atoms with Gasteiger partial charge in [0, 0.05) is 43.2 Å². The smallest absolute Gasteiger partial charge is 0.257 e. The van der Waals surface area contributed by atoms with E-state index in [0.717, 1.165) is 49.6 Å². The molecule has 0 radical (unpaired) electrons. The van der Waals surface area contributed by atoms with E-state index in [-0.39, 0.29) is 11.9 Å². The van der Waals surface area contributed by atoms with Crippen molar-refractivity contribution in [3.8, 4) is 0 Å². The van der Waals surface area contributed by atoms with Gasteiger partial charge < -0.3 is 4.90 Å². The molecule has 2 aromatic rings. The Morgan fingerprint density at radius 3 is 2.45 bits per heavy atom. The molecule has 164 valence electrons. The average molecular weight is 439 g/mol. The normalized spacial score (nSPS) is 20.2. The maximum Gasteiger partial charge on any atom is 0.257 e. The molecule has 0 bridgehead atoms. The van der Waals surface area contributed by atoms with Crippen LogP contribution in [0.5, 0.6) is 0 Å². The zero-order valence-electron chi connectivity index (χ0n) is 18.6. The van der Waals surface area contributed by atoms with E-state index in [1.165, 1.54) is 11.1 Å². The van der Waals surface area contributed by atoms with Crippen LogP contribution in [-0.4, -0.2) is 65.7 Å². The first-order chi connectivity index (χ1) is 15.0. The molecule has 1 amide bonds. The van der Waals surface area contributed by atoms with E-state index in [1.807, 2.05) is 24.3 Å². The van der Waals surface area contributed by atoms with Gasteiger partial charge in [-0.3, -0.25) is 9.69 Å². The Morgan fingerprint density at radius 1 is 1.06 bits per heavy atom. The SMILES string of the molecule is CCN1CCN(CC(=O)N2N=C(c3ccc(C)cc3C)CC2c2ccccc2Cl)CC1. The number of likely N-dealkylation sites (N-methyl/N-ethyl adjacent to an activating group) is 1. The van der Waals surface area contributed by atoms with Gasteiger partial charge in [0.25, 0.3) is 5.91 Å². The first kappa shape index (κ1) is 22.0. The minimum atomic E-state index is -0.172. The molecule has 1 unspecified atom stereocenters. The molecule has 0 N–H and O–H groups in total. The molecule has 31 heavy (non-hydrogen) atoms. The van der Waals surface area contributed by atoms with E-state index in [0.29, 0.717) is 18.0 Å². The van der Waals surface area contributed by atoms with Gasteiger partial charge in [0.1, 0.15) is 0 Å². The van der Waals surface area contributed by atoms with E-state index in [9.17, 15) is 4.79 Å². The Balaban J connectivity index is 1.59. The Labute approximate surface area is 190 Å². The molecule has 0 aliphatic carbocycles. The van der Waals surface area contributed by atoms with Gasteiger partial charge in [0.05, 0.1) is 18.3 Å². The summed E-state index contributed by atoms with van der Waals surface area (Å²) in [5, 5.41) is 7.21. The van der Waals surface area contributed by atoms with Gasteiger partial charge in [-0.15, -0.1) is 0 Å². The lowest BCUT2D eigenvalue weighted by Crippen LogP contribution is -2.49. The van der Waals surface area contributed by atoms with Gasteiger partial charge in [-0.1, -0.05) is 60.5 Å². The largest absolute Gasteiger partial charge is 0.301 e. The fraction of sp³-hybridized carbons (Fsp3) is 0.440. The predicted octanol–water partition coefficient (Wildman–Crippen LogP) is 4.27. The zero-order valence-corrected chi connectivity index (χ0v) is 19.4. The first-order valence-electron chi connectivity index (χ1n) is 11.1. The van der Waals surface area contributed by atoms with Crippen molar-refractivity contribution in [3.05, 3.63) is 69.7 Å². The van der Waals surface area contributed by atoms with E-state index in [4.69, 9.17) is 16.7 Å². The zero-order chi connectivity index (χ0) is 22.0. The van der Waals surface area contributed by atoms with E-state index < -0.39 is 0 Å². The molecular weight excluding hydrogens is 408 g/mol. The molecule has 2 aliphatic rings. The minimum absolute atomic E-state index is 0.0367. The second-order valence-electron chi connectivity index (χ2n) is 8.56. The number of rotatable bonds is 5. The van der Waals surface area contributed by atoms with Crippen LogP contribution in [0.3, 0.4) is 0 Å². The van der Waals surface area contributed by atoms with Crippen molar-refractivity contribution >= 4 is 23.2 Å². The van der Waals surface area contributed by atoms with Crippen molar-refractivity contribution < 1.29 is 4.79 Å². The molecule has 5 nitrogen and oxygen atoms in total. The number of carbonyl (C=O) groups excluding carboxylic acids is 1. The number of hydrazone groups is 1. The number of hydrogen-bond acceptors (Lipinski definition) is 4. The number of amides is 1. The lowest BCUT2D eigenvalue weighted by Gasteiger charge is -2.34. The summed E-state index contributed by atoms with van der Waals surface area (Å²) in [7, 11) is 0. The molecule has 2 aromatic carbocycles. The molecular formula is C25H31ClN4O.